The lowest BCUT2D eigenvalue weighted by molar-refractivity contribution is -0.155. The number of ether oxygens (including phenoxy) is 2. The number of amides is 4. The molecule has 4 aromatic rings. The summed E-state index contributed by atoms with van der Waals surface area (Å²) in [6, 6.07) is 15.8. The van der Waals surface area contributed by atoms with Crippen LogP contribution in [0.25, 0.3) is 33.3 Å². The van der Waals surface area contributed by atoms with Crippen molar-refractivity contribution in [1.29, 1.82) is 0 Å². The van der Waals surface area contributed by atoms with Gasteiger partial charge in [0.05, 0.1) is 30.0 Å². The second-order valence-electron chi connectivity index (χ2n) is 18.6. The third-order valence-corrected chi connectivity index (χ3v) is 13.0. The van der Waals surface area contributed by atoms with Crippen molar-refractivity contribution in [2.75, 3.05) is 40.4 Å². The normalized spacial score (nSPS) is 20.2. The maximum absolute atomic E-state index is 14.6. The molecule has 0 aliphatic carbocycles. The van der Waals surface area contributed by atoms with E-state index in [-0.39, 0.29) is 50.0 Å². The van der Waals surface area contributed by atoms with Gasteiger partial charge in [0.15, 0.2) is 0 Å². The van der Waals surface area contributed by atoms with E-state index in [0.717, 1.165) is 50.1 Å². The van der Waals surface area contributed by atoms with Gasteiger partial charge in [-0.05, 0) is 91.6 Å². The fourth-order valence-corrected chi connectivity index (χ4v) is 9.54. The average Bonchev–Trinajstić information content (AvgIpc) is 3.57. The molecule has 340 valence electrons. The van der Waals surface area contributed by atoms with Crippen molar-refractivity contribution >= 4 is 40.5 Å². The van der Waals surface area contributed by atoms with Crippen molar-refractivity contribution in [3.63, 3.8) is 0 Å². The topological polar surface area (TPSA) is 155 Å². The third-order valence-electron chi connectivity index (χ3n) is 13.0. The van der Waals surface area contributed by atoms with Crippen molar-refractivity contribution in [2.45, 2.75) is 98.0 Å². The highest BCUT2D eigenvalue weighted by molar-refractivity contribution is 5.96. The van der Waals surface area contributed by atoms with Gasteiger partial charge in [-0.15, -0.1) is 0 Å². The lowest BCUT2D eigenvalue weighted by atomic mass is 9.84. The number of pyridine rings is 1. The molecule has 2 fully saturated rings. The van der Waals surface area contributed by atoms with Crippen LogP contribution < -0.4 is 10.7 Å². The number of benzene rings is 2. The van der Waals surface area contributed by atoms with Crippen LogP contribution in [0, 0.1) is 17.3 Å². The lowest BCUT2D eigenvalue weighted by Gasteiger charge is -2.41. The molecule has 1 unspecified atom stereocenters. The molecular weight excluding hydrogens is 811 g/mol. The van der Waals surface area contributed by atoms with E-state index in [2.05, 4.69) is 79.1 Å². The number of fused-ring (bicyclic) bond motifs is 6. The van der Waals surface area contributed by atoms with Crippen LogP contribution in [0.2, 0.25) is 0 Å². The number of aryl methyl sites for hydroxylation is 1. The molecule has 3 aliphatic rings. The zero-order valence-electron chi connectivity index (χ0n) is 38.5. The molecule has 64 heavy (non-hydrogen) atoms. The summed E-state index contributed by atoms with van der Waals surface area (Å²) in [4.78, 5) is 76.5. The van der Waals surface area contributed by atoms with Crippen molar-refractivity contribution in [3.8, 4) is 22.4 Å². The quantitative estimate of drug-likeness (QED) is 0.147. The predicted octanol–water partition coefficient (Wildman–Crippen LogP) is 5.87. The first-order chi connectivity index (χ1) is 30.5. The number of nitrogens with zero attached hydrogens (tertiary/aromatic N) is 5. The number of likely N-dealkylation sites (N-methyl/N-ethyl adjacent to an activating group) is 1. The molecule has 4 atom stereocenters. The van der Waals surface area contributed by atoms with Gasteiger partial charge in [0.1, 0.15) is 18.1 Å². The summed E-state index contributed by atoms with van der Waals surface area (Å²) < 4.78 is 14.3. The Balaban J connectivity index is 1.29. The van der Waals surface area contributed by atoms with Gasteiger partial charge in [0.25, 0.3) is 5.91 Å². The summed E-state index contributed by atoms with van der Waals surface area (Å²) in [6.45, 7) is 17.3. The number of hydrazine groups is 1. The number of hydrogen-bond acceptors (Lipinski definition) is 9. The Kier molecular flexibility index (Phi) is 13.8. The van der Waals surface area contributed by atoms with Gasteiger partial charge >= 0.3 is 5.97 Å². The summed E-state index contributed by atoms with van der Waals surface area (Å²) in [5.41, 5.74) is 10.5. The maximum Gasteiger partial charge on any atom is 0.324 e. The number of rotatable bonds is 10. The predicted molar refractivity (Wildman–Crippen MR) is 245 cm³/mol. The van der Waals surface area contributed by atoms with Gasteiger partial charge in [-0.2, -0.15) is 0 Å². The largest absolute Gasteiger partial charge is 0.464 e. The minimum atomic E-state index is -1.05. The lowest BCUT2D eigenvalue weighted by Crippen LogP contribution is -2.63. The molecule has 3 aliphatic heterocycles. The molecule has 14 heteroatoms. The average molecular weight is 874 g/mol. The number of aromatic nitrogens is 2. The van der Waals surface area contributed by atoms with E-state index < -0.39 is 47.2 Å². The summed E-state index contributed by atoms with van der Waals surface area (Å²) >= 11 is 0. The molecule has 4 amide bonds. The smallest absolute Gasteiger partial charge is 0.324 e. The van der Waals surface area contributed by atoms with Crippen molar-refractivity contribution in [3.05, 3.63) is 90.3 Å². The standard InChI is InChI=1S/C50H63N7O7/c1-10-42(58)55-27-35(28-55)47(60)54(8)44(30(3)4)46(59)52-40-24-32-15-12-16-33(23-32)34-19-20-41-37(25-34)38(45(56(41)11-2)36-17-13-21-51-43(36)31(5)63-9)26-50(6,7)29-64-49(62)39-18-14-22-57(53-39)48(40)61/h10,12-13,15-17,19-21,23,25,30-31,35,39-40,44,53H,1,11,14,18,22,24,26-29H2,2-9H3,(H,52,59)/t31-,39-,40-,44?/m0/s1. The fourth-order valence-electron chi connectivity index (χ4n) is 9.54. The number of cyclic esters (lactones) is 1. The minimum Gasteiger partial charge on any atom is -0.464 e. The Bertz CT molecular complexity index is 2440. The SMILES string of the molecule is C=CC(=O)N1CC(C(=O)N(C)C(C(=O)N[C@H]2Cc3cccc(c3)-c3ccc4c(c3)c(c(-c3cccnc3[C@H](C)OC)n4CC)CC(C)(C)COC(=O)[C@@H]3CCCN(N3)C2=O)C(C)C)C1. The molecule has 14 nitrogen and oxygen atoms in total. The Morgan fingerprint density at radius 2 is 1.83 bits per heavy atom. The fraction of sp³-hybridized carbons (Fsp3) is 0.480. The van der Waals surface area contributed by atoms with Crippen molar-refractivity contribution in [1.82, 2.24) is 35.1 Å². The summed E-state index contributed by atoms with van der Waals surface area (Å²) in [5, 5.41) is 5.55. The third kappa shape index (κ3) is 9.35. The summed E-state index contributed by atoms with van der Waals surface area (Å²) in [5.74, 6) is -2.56. The summed E-state index contributed by atoms with van der Waals surface area (Å²) in [7, 11) is 3.28. The Morgan fingerprint density at radius 3 is 2.53 bits per heavy atom. The first kappa shape index (κ1) is 46.1. The van der Waals surface area contributed by atoms with Crippen LogP contribution in [0.5, 0.6) is 0 Å². The van der Waals surface area contributed by atoms with Crippen LogP contribution in [0.15, 0.2) is 73.4 Å². The summed E-state index contributed by atoms with van der Waals surface area (Å²) in [6.07, 6.45) is 4.52. The number of hydrogen-bond donors (Lipinski definition) is 2. The molecular formula is C50H63N7O7. The van der Waals surface area contributed by atoms with E-state index in [1.165, 1.54) is 20.9 Å². The maximum atomic E-state index is 14.6. The molecule has 2 N–H and O–H groups in total. The molecule has 7 rings (SSSR count). The molecule has 2 saturated heterocycles. The molecule has 6 bridgehead atoms. The highest BCUT2D eigenvalue weighted by Gasteiger charge is 2.42. The van der Waals surface area contributed by atoms with Gasteiger partial charge in [-0.3, -0.25) is 34.0 Å². The van der Waals surface area contributed by atoms with E-state index in [1.54, 1.807) is 20.4 Å². The van der Waals surface area contributed by atoms with Gasteiger partial charge in [-0.25, -0.2) is 5.43 Å². The number of nitrogens with one attached hydrogen (secondary N) is 2. The van der Waals surface area contributed by atoms with E-state index in [0.29, 0.717) is 32.4 Å². The monoisotopic (exact) mass is 873 g/mol. The van der Waals surface area contributed by atoms with Crippen LogP contribution in [0.3, 0.4) is 0 Å². The molecule has 5 heterocycles. The van der Waals surface area contributed by atoms with E-state index in [9.17, 15) is 24.0 Å². The van der Waals surface area contributed by atoms with Crippen LogP contribution >= 0.6 is 0 Å². The van der Waals surface area contributed by atoms with Crippen LogP contribution in [-0.4, -0.2) is 112 Å². The first-order valence-corrected chi connectivity index (χ1v) is 22.5. The first-order valence-electron chi connectivity index (χ1n) is 22.5. The molecule has 0 spiro atoms. The number of methoxy groups -OCH3 is 1. The molecule has 0 radical (unpaired) electrons. The van der Waals surface area contributed by atoms with Crippen molar-refractivity contribution in [2.24, 2.45) is 17.3 Å². The van der Waals surface area contributed by atoms with Crippen LogP contribution in [-0.2, 0) is 52.8 Å². The van der Waals surface area contributed by atoms with Gasteiger partial charge in [0.2, 0.25) is 17.7 Å². The van der Waals surface area contributed by atoms with Crippen LogP contribution in [0.1, 0.15) is 77.3 Å². The Hall–Kier alpha value is -5.86. The van der Waals surface area contributed by atoms with E-state index in [4.69, 9.17) is 14.5 Å². The second kappa shape index (κ2) is 19.1. The number of likely N-dealkylation sites (tertiary alicyclic amines) is 1. The molecule has 2 aromatic carbocycles. The highest BCUT2D eigenvalue weighted by atomic mass is 16.5. The number of carbonyl (C=O) groups is 5. The Morgan fingerprint density at radius 1 is 1.08 bits per heavy atom. The zero-order chi connectivity index (χ0) is 46.0. The second-order valence-corrected chi connectivity index (χ2v) is 18.6. The zero-order valence-corrected chi connectivity index (χ0v) is 38.5. The minimum absolute atomic E-state index is 0.136. The van der Waals surface area contributed by atoms with Gasteiger partial charge < -0.3 is 29.2 Å². The Labute approximate surface area is 376 Å². The highest BCUT2D eigenvalue weighted by Crippen LogP contribution is 2.42. The molecule has 0 saturated carbocycles. The van der Waals surface area contributed by atoms with Gasteiger partial charge in [-0.1, -0.05) is 64.6 Å². The van der Waals surface area contributed by atoms with E-state index >= 15 is 0 Å². The number of carbonyl (C=O) groups excluding carboxylic acids is 5. The van der Waals surface area contributed by atoms with Crippen LogP contribution in [0.4, 0.5) is 0 Å². The van der Waals surface area contributed by atoms with Crippen molar-refractivity contribution < 1.29 is 33.4 Å². The molecule has 2 aromatic heterocycles. The number of esters is 1. The van der Waals surface area contributed by atoms with Gasteiger partial charge in [0, 0.05) is 74.8 Å². The van der Waals surface area contributed by atoms with E-state index in [1.807, 2.05) is 39.0 Å².